The summed E-state index contributed by atoms with van der Waals surface area (Å²) >= 11 is 3.78. The van der Waals surface area contributed by atoms with Crippen molar-refractivity contribution in [1.82, 2.24) is 15.1 Å². The van der Waals surface area contributed by atoms with Crippen molar-refractivity contribution in [1.29, 1.82) is 0 Å². The van der Waals surface area contributed by atoms with Crippen molar-refractivity contribution in [3.63, 3.8) is 0 Å². The van der Waals surface area contributed by atoms with Crippen LogP contribution in [0.5, 0.6) is 0 Å². The lowest BCUT2D eigenvalue weighted by atomic mass is 9.70. The topological polar surface area (TPSA) is 135 Å². The number of hydrogen-bond acceptors (Lipinski definition) is 8. The average Bonchev–Trinajstić information content (AvgIpc) is 3.70. The second-order valence-corrected chi connectivity index (χ2v) is 18.2. The molecule has 300 valence electrons. The first-order valence-corrected chi connectivity index (χ1v) is 20.2. The molecule has 1 aromatic carbocycles. The molecule has 3 saturated heterocycles. The fraction of sp³-hybridized carbons (Fsp3) is 0.667. The maximum absolute atomic E-state index is 15.3. The van der Waals surface area contributed by atoms with Gasteiger partial charge in [-0.05, 0) is 50.0 Å². The fourth-order valence-electron chi connectivity index (χ4n) is 9.22. The maximum atomic E-state index is 15.3. The Bertz CT molecular complexity index is 1510. The Morgan fingerprint density at radius 3 is 2.39 bits per heavy atom. The number of aliphatic hydroxyl groups excluding tert-OH is 1. The van der Waals surface area contributed by atoms with Crippen molar-refractivity contribution in [2.45, 2.75) is 127 Å². The van der Waals surface area contributed by atoms with Crippen LogP contribution in [0.4, 0.5) is 0 Å². The monoisotopic (exact) mass is 815 g/mol. The molecule has 0 aromatic heterocycles. The molecule has 3 amide bonds. The number of amides is 3. The van der Waals surface area contributed by atoms with E-state index >= 15 is 9.59 Å². The van der Waals surface area contributed by atoms with Crippen molar-refractivity contribution in [3.05, 3.63) is 61.2 Å². The highest BCUT2D eigenvalue weighted by atomic mass is 79.9. The van der Waals surface area contributed by atoms with Crippen LogP contribution in [0.1, 0.15) is 92.2 Å². The highest BCUT2D eigenvalue weighted by Gasteiger charge is 2.78. The van der Waals surface area contributed by atoms with E-state index in [1.807, 2.05) is 58.0 Å². The number of nitrogens with zero attached hydrogens (tertiary/aromatic N) is 2. The molecule has 54 heavy (non-hydrogen) atoms. The van der Waals surface area contributed by atoms with E-state index in [0.29, 0.717) is 31.2 Å². The summed E-state index contributed by atoms with van der Waals surface area (Å²) < 4.78 is 18.7. The molecule has 1 aromatic rings. The van der Waals surface area contributed by atoms with Crippen LogP contribution >= 0.6 is 15.9 Å². The fourth-order valence-corrected chi connectivity index (χ4v) is 10.2. The summed E-state index contributed by atoms with van der Waals surface area (Å²) in [5, 5.41) is 13.8. The average molecular weight is 817 g/mol. The van der Waals surface area contributed by atoms with Crippen molar-refractivity contribution in [2.75, 3.05) is 26.9 Å². The Labute approximate surface area is 330 Å². The van der Waals surface area contributed by atoms with Crippen molar-refractivity contribution in [3.8, 4) is 0 Å². The Hall–Kier alpha value is -3.06. The lowest BCUT2D eigenvalue weighted by molar-refractivity contribution is -0.164. The third kappa shape index (κ3) is 8.82. The summed E-state index contributed by atoms with van der Waals surface area (Å²) in [5.74, 6) is -3.93. The number of carbonyl (C=O) groups excluding carboxylic acids is 4. The number of hydrogen-bond donors (Lipinski definition) is 2. The quantitative estimate of drug-likeness (QED) is 0.103. The van der Waals surface area contributed by atoms with Gasteiger partial charge in [-0.25, -0.2) is 0 Å². The van der Waals surface area contributed by atoms with Crippen molar-refractivity contribution in [2.24, 2.45) is 23.2 Å². The van der Waals surface area contributed by atoms with Gasteiger partial charge in [-0.15, -0.1) is 13.2 Å². The zero-order valence-corrected chi connectivity index (χ0v) is 35.0. The third-order valence-electron chi connectivity index (χ3n) is 11.4. The Morgan fingerprint density at radius 1 is 1.17 bits per heavy atom. The molecule has 3 aliphatic heterocycles. The van der Waals surface area contributed by atoms with E-state index in [1.54, 1.807) is 17.1 Å². The van der Waals surface area contributed by atoms with Crippen LogP contribution in [0.2, 0.25) is 0 Å². The minimum Gasteiger partial charge on any atom is -0.455 e. The lowest BCUT2D eigenvalue weighted by Crippen LogP contribution is -2.63. The Morgan fingerprint density at radius 2 is 1.83 bits per heavy atom. The van der Waals surface area contributed by atoms with Gasteiger partial charge in [-0.2, -0.15) is 0 Å². The van der Waals surface area contributed by atoms with Gasteiger partial charge < -0.3 is 34.4 Å². The molecule has 3 heterocycles. The van der Waals surface area contributed by atoms with E-state index in [9.17, 15) is 14.7 Å². The minimum absolute atomic E-state index is 0.0472. The molecule has 2 N–H and O–H groups in total. The number of aliphatic hydroxyl groups is 1. The molecular weight excluding hydrogens is 754 g/mol. The number of methoxy groups -OCH3 is 1. The van der Waals surface area contributed by atoms with Gasteiger partial charge in [0.25, 0.3) is 0 Å². The van der Waals surface area contributed by atoms with E-state index in [4.69, 9.17) is 14.2 Å². The van der Waals surface area contributed by atoms with E-state index in [0.717, 1.165) is 0 Å². The third-order valence-corrected chi connectivity index (χ3v) is 12.2. The molecule has 2 bridgehead atoms. The number of ether oxygens (including phenoxy) is 3. The summed E-state index contributed by atoms with van der Waals surface area (Å²) in [6.45, 7) is 21.9. The molecule has 10 atom stereocenters. The summed E-state index contributed by atoms with van der Waals surface area (Å²) in [5.41, 5.74) is -1.51. The van der Waals surface area contributed by atoms with E-state index in [2.05, 4.69) is 55.2 Å². The molecule has 3 aliphatic rings. The number of alkyl halides is 1. The zero-order valence-electron chi connectivity index (χ0n) is 33.4. The van der Waals surface area contributed by atoms with Gasteiger partial charge in [-0.3, -0.25) is 19.2 Å². The van der Waals surface area contributed by atoms with Crippen LogP contribution in [-0.4, -0.2) is 106 Å². The molecule has 0 saturated carbocycles. The molecule has 0 aliphatic carbocycles. The van der Waals surface area contributed by atoms with E-state index < -0.39 is 65.2 Å². The molecule has 11 nitrogen and oxygen atoms in total. The molecule has 1 spiro atoms. The van der Waals surface area contributed by atoms with Crippen LogP contribution in [-0.2, 0) is 33.4 Å². The summed E-state index contributed by atoms with van der Waals surface area (Å²) in [6.07, 6.45) is 3.90. The van der Waals surface area contributed by atoms with Crippen LogP contribution in [0.3, 0.4) is 0 Å². The Kier molecular flexibility index (Phi) is 14.4. The van der Waals surface area contributed by atoms with Gasteiger partial charge in [0.2, 0.25) is 17.7 Å². The predicted molar refractivity (Wildman–Crippen MR) is 211 cm³/mol. The summed E-state index contributed by atoms with van der Waals surface area (Å²) in [4.78, 5) is 61.0. The molecular formula is C42H62BrN3O8. The highest BCUT2D eigenvalue weighted by Crippen LogP contribution is 2.61. The zero-order chi connectivity index (χ0) is 40.2. The second kappa shape index (κ2) is 17.8. The summed E-state index contributed by atoms with van der Waals surface area (Å²) in [7, 11) is 1.51. The van der Waals surface area contributed by atoms with Crippen LogP contribution in [0, 0.1) is 23.2 Å². The highest BCUT2D eigenvalue weighted by molar-refractivity contribution is 9.09. The number of nitrogens with one attached hydrogen (secondary N) is 1. The number of allylic oxidation sites excluding steroid dienone is 1. The van der Waals surface area contributed by atoms with Crippen LogP contribution in [0.25, 0.3) is 0 Å². The number of benzene rings is 1. The van der Waals surface area contributed by atoms with E-state index in [-0.39, 0.29) is 54.2 Å². The number of esters is 1. The maximum Gasteiger partial charge on any atom is 0.313 e. The van der Waals surface area contributed by atoms with Crippen LogP contribution in [0.15, 0.2) is 55.6 Å². The van der Waals surface area contributed by atoms with Gasteiger partial charge in [0.15, 0.2) is 0 Å². The standard InChI is InChI=1S/C42H62BrN3O8/c1-11-14-20-31(48)44-29(24-52-10)34(27-18-16-15-17-19-27)53-39(51)32-33-37(49)46(30(23-47)26(4)13-3)36(42(33)22-28(43)35(32)54-42)38(50)45(21-12-2)41(8,9)25-40(5,6)7/h11-12,15-19,26,28-30,32-36,47H,1-2,13-14,20-25H2,3-10H3,(H,44,48)/t26-,28?,29-,30-,32+,33-,34-,35+,36+,42-/m0/s1. The SMILES string of the molecule is C=CCCC(=O)N[C@@H](COC)[C@@H](OC(=O)[C@H]1[C@@H]2O[C@@]3(CC2Br)[C@@H]1C(=O)N([C@@H](CO)[C@@H](C)CC)[C@@H]3C(=O)N(CC=C)C(C)(C)CC(C)(C)C)c1ccccc1. The molecule has 3 fully saturated rings. The first-order chi connectivity index (χ1) is 25.4. The summed E-state index contributed by atoms with van der Waals surface area (Å²) in [6, 6.07) is 6.54. The largest absolute Gasteiger partial charge is 0.455 e. The van der Waals surface area contributed by atoms with E-state index in [1.165, 1.54) is 12.0 Å². The van der Waals surface area contributed by atoms with Gasteiger partial charge in [0.1, 0.15) is 17.7 Å². The first-order valence-electron chi connectivity index (χ1n) is 19.2. The number of halogens is 1. The van der Waals surface area contributed by atoms with Gasteiger partial charge >= 0.3 is 5.97 Å². The van der Waals surface area contributed by atoms with Crippen LogP contribution < -0.4 is 5.32 Å². The van der Waals surface area contributed by atoms with Gasteiger partial charge in [0.05, 0.1) is 43.2 Å². The Balaban J connectivity index is 1.82. The van der Waals surface area contributed by atoms with Crippen molar-refractivity contribution >= 4 is 39.6 Å². The molecule has 4 rings (SSSR count). The smallest absolute Gasteiger partial charge is 0.313 e. The number of carbonyl (C=O) groups is 4. The molecule has 12 heteroatoms. The van der Waals surface area contributed by atoms with Gasteiger partial charge in [0, 0.05) is 30.4 Å². The number of fused-ring (bicyclic) bond motifs is 1. The molecule has 0 radical (unpaired) electrons. The lowest BCUT2D eigenvalue weighted by Gasteiger charge is -2.47. The second-order valence-electron chi connectivity index (χ2n) is 17.1. The minimum atomic E-state index is -1.37. The number of likely N-dealkylation sites (tertiary alicyclic amines) is 1. The normalized spacial score (nSPS) is 27.1. The molecule has 1 unspecified atom stereocenters. The number of rotatable bonds is 19. The van der Waals surface area contributed by atoms with Crippen molar-refractivity contribution < 1.29 is 38.5 Å². The van der Waals surface area contributed by atoms with Gasteiger partial charge in [-0.1, -0.05) is 99.5 Å². The predicted octanol–water partition coefficient (Wildman–Crippen LogP) is 5.75. The first kappa shape index (κ1) is 43.7.